The molecule has 0 radical (unpaired) electrons. The average molecular weight is 456 g/mol. The fourth-order valence-electron chi connectivity index (χ4n) is 4.82. The van der Waals surface area contributed by atoms with Gasteiger partial charge in [-0.15, -0.1) is 0 Å². The summed E-state index contributed by atoms with van der Waals surface area (Å²) >= 11 is 5.98. The molecule has 1 aliphatic heterocycles. The first-order chi connectivity index (χ1) is 15.5. The molecule has 4 rings (SSSR count). The monoisotopic (exact) mass is 455 g/mol. The molecule has 2 aliphatic rings. The van der Waals surface area contributed by atoms with Gasteiger partial charge in [-0.1, -0.05) is 24.4 Å². The molecule has 2 fully saturated rings. The number of hydrogen-bond donors (Lipinski definition) is 1. The Balaban J connectivity index is 1.41. The number of halogens is 1. The maximum atomic E-state index is 13.3. The van der Waals surface area contributed by atoms with Gasteiger partial charge in [-0.2, -0.15) is 0 Å². The van der Waals surface area contributed by atoms with Crippen LogP contribution in [0.4, 0.5) is 5.69 Å². The van der Waals surface area contributed by atoms with Crippen LogP contribution < -0.4 is 10.1 Å². The van der Waals surface area contributed by atoms with Crippen LogP contribution in [0.25, 0.3) is 0 Å². The molecule has 1 saturated carbocycles. The quantitative estimate of drug-likeness (QED) is 0.705. The lowest BCUT2D eigenvalue weighted by Gasteiger charge is -2.40. The van der Waals surface area contributed by atoms with E-state index in [2.05, 4.69) is 10.2 Å². The van der Waals surface area contributed by atoms with E-state index in [1.54, 1.807) is 43.5 Å². The third-order valence-corrected chi connectivity index (χ3v) is 6.81. The van der Waals surface area contributed by atoms with E-state index in [1.807, 2.05) is 17.0 Å². The highest BCUT2D eigenvalue weighted by Gasteiger charge is 2.37. The topological polar surface area (TPSA) is 61.9 Å². The molecule has 1 heterocycles. The Kier molecular flexibility index (Phi) is 7.33. The lowest BCUT2D eigenvalue weighted by Crippen LogP contribution is -2.56. The third kappa shape index (κ3) is 5.25. The Labute approximate surface area is 194 Å². The lowest BCUT2D eigenvalue weighted by molar-refractivity contribution is -0.123. The van der Waals surface area contributed by atoms with Crippen LogP contribution in [-0.2, 0) is 4.79 Å². The number of anilines is 1. The molecule has 1 unspecified atom stereocenters. The molecule has 1 saturated heterocycles. The Bertz CT molecular complexity index is 918. The average Bonchev–Trinajstić information content (AvgIpc) is 3.35. The first kappa shape index (κ1) is 22.6. The van der Waals surface area contributed by atoms with E-state index in [-0.39, 0.29) is 17.9 Å². The van der Waals surface area contributed by atoms with Crippen LogP contribution in [0.2, 0.25) is 5.02 Å². The van der Waals surface area contributed by atoms with E-state index in [4.69, 9.17) is 16.3 Å². The van der Waals surface area contributed by atoms with Gasteiger partial charge in [-0.05, 0) is 67.3 Å². The number of nitrogens with one attached hydrogen (secondary N) is 1. The molecule has 1 aliphatic carbocycles. The van der Waals surface area contributed by atoms with Gasteiger partial charge in [0.15, 0.2) is 0 Å². The van der Waals surface area contributed by atoms with Crippen molar-refractivity contribution in [1.82, 2.24) is 9.80 Å². The van der Waals surface area contributed by atoms with Crippen molar-refractivity contribution < 1.29 is 14.3 Å². The fourth-order valence-corrected chi connectivity index (χ4v) is 4.95. The Hall–Kier alpha value is -2.57. The number of ether oxygens (including phenoxy) is 1. The number of hydrogen-bond acceptors (Lipinski definition) is 4. The predicted octanol–water partition coefficient (Wildman–Crippen LogP) is 4.30. The van der Waals surface area contributed by atoms with Gasteiger partial charge < -0.3 is 15.0 Å². The van der Waals surface area contributed by atoms with Crippen molar-refractivity contribution in [1.29, 1.82) is 0 Å². The maximum absolute atomic E-state index is 13.3. The molecule has 0 bridgehead atoms. The molecular weight excluding hydrogens is 426 g/mol. The number of rotatable bonds is 6. The summed E-state index contributed by atoms with van der Waals surface area (Å²) in [5.41, 5.74) is 1.42. The minimum absolute atomic E-state index is 0.0235. The van der Waals surface area contributed by atoms with E-state index >= 15 is 0 Å². The summed E-state index contributed by atoms with van der Waals surface area (Å²) in [4.78, 5) is 30.4. The number of benzene rings is 2. The minimum Gasteiger partial charge on any atom is -0.497 e. The number of carbonyl (C=O) groups excluding carboxylic acids is 2. The van der Waals surface area contributed by atoms with E-state index in [1.165, 1.54) is 12.8 Å². The summed E-state index contributed by atoms with van der Waals surface area (Å²) in [7, 11) is 1.61. The molecule has 170 valence electrons. The second-order valence-corrected chi connectivity index (χ2v) is 8.98. The van der Waals surface area contributed by atoms with Crippen molar-refractivity contribution in [2.75, 3.05) is 38.6 Å². The zero-order valence-corrected chi connectivity index (χ0v) is 19.2. The second-order valence-electron chi connectivity index (χ2n) is 8.54. The second kappa shape index (κ2) is 10.4. The van der Waals surface area contributed by atoms with Crippen LogP contribution in [0.1, 0.15) is 36.0 Å². The van der Waals surface area contributed by atoms with Gasteiger partial charge in [0, 0.05) is 42.5 Å². The SMILES string of the molecule is COc1ccc(C(=O)N2CCN(C(C(=O)Nc3ccc(Cl)cc3)C3CCCC3)CC2)cc1. The highest BCUT2D eigenvalue weighted by atomic mass is 35.5. The van der Waals surface area contributed by atoms with Gasteiger partial charge in [0.05, 0.1) is 13.2 Å². The highest BCUT2D eigenvalue weighted by molar-refractivity contribution is 6.30. The number of amides is 2. The van der Waals surface area contributed by atoms with Crippen molar-refractivity contribution in [2.24, 2.45) is 5.92 Å². The van der Waals surface area contributed by atoms with Crippen molar-refractivity contribution in [2.45, 2.75) is 31.7 Å². The molecule has 0 spiro atoms. The van der Waals surface area contributed by atoms with Crippen LogP contribution in [0.3, 0.4) is 0 Å². The predicted molar refractivity (Wildman–Crippen MR) is 126 cm³/mol. The number of methoxy groups -OCH3 is 1. The summed E-state index contributed by atoms with van der Waals surface area (Å²) in [5.74, 6) is 1.15. The molecule has 6 nitrogen and oxygen atoms in total. The minimum atomic E-state index is -0.175. The van der Waals surface area contributed by atoms with Crippen LogP contribution in [-0.4, -0.2) is 60.9 Å². The van der Waals surface area contributed by atoms with Crippen molar-refractivity contribution in [3.8, 4) is 5.75 Å². The third-order valence-electron chi connectivity index (χ3n) is 6.56. The smallest absolute Gasteiger partial charge is 0.253 e. The summed E-state index contributed by atoms with van der Waals surface area (Å²) in [6.45, 7) is 2.61. The molecule has 1 N–H and O–H groups in total. The van der Waals surface area contributed by atoms with Gasteiger partial charge >= 0.3 is 0 Å². The molecule has 0 aromatic heterocycles. The number of nitrogens with zero attached hydrogens (tertiary/aromatic N) is 2. The zero-order chi connectivity index (χ0) is 22.5. The molecule has 32 heavy (non-hydrogen) atoms. The number of piperazine rings is 1. The van der Waals surface area contributed by atoms with E-state index in [0.717, 1.165) is 24.3 Å². The van der Waals surface area contributed by atoms with Gasteiger partial charge in [0.25, 0.3) is 5.91 Å². The standard InChI is InChI=1S/C25H30ClN3O3/c1-32-22-12-6-19(7-13-22)25(31)29-16-14-28(15-17-29)23(18-4-2-3-5-18)24(30)27-21-10-8-20(26)9-11-21/h6-13,18,23H,2-5,14-17H2,1H3,(H,27,30). The maximum Gasteiger partial charge on any atom is 0.253 e. The first-order valence-electron chi connectivity index (χ1n) is 11.3. The normalized spacial score (nSPS) is 18.4. The van der Waals surface area contributed by atoms with Gasteiger partial charge in [-0.3, -0.25) is 14.5 Å². The summed E-state index contributed by atoms with van der Waals surface area (Å²) in [5, 5.41) is 3.73. The van der Waals surface area contributed by atoms with Gasteiger partial charge in [0.1, 0.15) is 5.75 Å². The fraction of sp³-hybridized carbons (Fsp3) is 0.440. The zero-order valence-electron chi connectivity index (χ0n) is 18.4. The van der Waals surface area contributed by atoms with Crippen LogP contribution in [0.15, 0.2) is 48.5 Å². The van der Waals surface area contributed by atoms with Crippen molar-refractivity contribution in [3.05, 3.63) is 59.1 Å². The molecular formula is C25H30ClN3O3. The molecule has 1 atom stereocenters. The van der Waals surface area contributed by atoms with E-state index in [9.17, 15) is 9.59 Å². The first-order valence-corrected chi connectivity index (χ1v) is 11.7. The summed E-state index contributed by atoms with van der Waals surface area (Å²) in [6, 6.07) is 14.3. The van der Waals surface area contributed by atoms with Crippen LogP contribution in [0.5, 0.6) is 5.75 Å². The van der Waals surface area contributed by atoms with Crippen LogP contribution in [0, 0.1) is 5.92 Å². The Morgan fingerprint density at radius 1 is 0.969 bits per heavy atom. The van der Waals surface area contributed by atoms with Crippen molar-refractivity contribution in [3.63, 3.8) is 0 Å². The highest BCUT2D eigenvalue weighted by Crippen LogP contribution is 2.32. The summed E-state index contributed by atoms with van der Waals surface area (Å²) < 4.78 is 5.18. The van der Waals surface area contributed by atoms with Gasteiger partial charge in [0.2, 0.25) is 5.91 Å². The lowest BCUT2D eigenvalue weighted by atomic mass is 9.94. The molecule has 7 heteroatoms. The molecule has 2 aromatic carbocycles. The van der Waals surface area contributed by atoms with E-state index < -0.39 is 0 Å². The Morgan fingerprint density at radius 2 is 1.59 bits per heavy atom. The van der Waals surface area contributed by atoms with Crippen LogP contribution >= 0.6 is 11.6 Å². The largest absolute Gasteiger partial charge is 0.497 e. The molecule has 2 amide bonds. The van der Waals surface area contributed by atoms with Crippen molar-refractivity contribution >= 4 is 29.1 Å². The van der Waals surface area contributed by atoms with E-state index in [0.29, 0.717) is 42.7 Å². The summed E-state index contributed by atoms with van der Waals surface area (Å²) in [6.07, 6.45) is 4.49. The van der Waals surface area contributed by atoms with Gasteiger partial charge in [-0.25, -0.2) is 0 Å². The molecule has 2 aromatic rings. The Morgan fingerprint density at radius 3 is 2.19 bits per heavy atom. The number of carbonyl (C=O) groups is 2.